The minimum absolute atomic E-state index is 0.310. The maximum atomic E-state index is 11.0. The lowest BCUT2D eigenvalue weighted by Gasteiger charge is -2.23. The summed E-state index contributed by atoms with van der Waals surface area (Å²) in [6.45, 7) is 1.11. The lowest BCUT2D eigenvalue weighted by atomic mass is 10.1. The molecule has 0 unspecified atom stereocenters. The Kier molecular flexibility index (Phi) is 9.99. The number of aliphatic carboxylic acids is 1. The number of hydrogen-bond donors (Lipinski definition) is 1. The number of carbonyl (C=O) groups excluding carboxylic acids is 2. The minimum Gasteiger partial charge on any atom is -0.542 e. The van der Waals surface area contributed by atoms with Crippen molar-refractivity contribution >= 4 is 11.9 Å². The smallest absolute Gasteiger partial charge is 0.430 e. The van der Waals surface area contributed by atoms with Crippen LogP contribution in [0.15, 0.2) is 0 Å². The molecule has 9 heteroatoms. The van der Waals surface area contributed by atoms with Crippen molar-refractivity contribution in [1.82, 2.24) is 0 Å². The Morgan fingerprint density at radius 3 is 1.95 bits per heavy atom. The molecule has 1 atom stereocenters. The predicted molar refractivity (Wildman–Crippen MR) is 67.8 cm³/mol. The van der Waals surface area contributed by atoms with E-state index in [1.807, 2.05) is 0 Å². The first-order valence-corrected chi connectivity index (χ1v) is 6.23. The number of carbonyl (C=O) groups is 2. The van der Waals surface area contributed by atoms with E-state index in [1.165, 1.54) is 7.11 Å². The van der Waals surface area contributed by atoms with Crippen LogP contribution in [-0.4, -0.2) is 63.4 Å². The summed E-state index contributed by atoms with van der Waals surface area (Å²) >= 11 is 0. The third kappa shape index (κ3) is 14.9. The van der Waals surface area contributed by atoms with E-state index in [1.54, 1.807) is 0 Å². The number of alkyl halides is 3. The van der Waals surface area contributed by atoms with E-state index in [2.05, 4.69) is 25.9 Å². The quantitative estimate of drug-likeness (QED) is 0.411. The number of carboxylic acid groups (broad SMARTS) is 1. The Morgan fingerprint density at radius 2 is 1.67 bits per heavy atom. The van der Waals surface area contributed by atoms with Crippen LogP contribution in [0.2, 0.25) is 0 Å². The molecule has 0 aliphatic rings. The molecule has 0 saturated carbocycles. The van der Waals surface area contributed by atoms with Crippen molar-refractivity contribution in [2.75, 3.05) is 34.8 Å². The fraction of sp³-hybridized carbons (Fsp3) is 0.833. The first-order valence-electron chi connectivity index (χ1n) is 6.23. The second kappa shape index (κ2) is 9.56. The van der Waals surface area contributed by atoms with Gasteiger partial charge in [-0.3, -0.25) is 4.79 Å². The van der Waals surface area contributed by atoms with Crippen molar-refractivity contribution in [3.8, 4) is 0 Å². The Balaban J connectivity index is 0. The van der Waals surface area contributed by atoms with Crippen LogP contribution in [0, 0.1) is 0 Å². The van der Waals surface area contributed by atoms with Crippen LogP contribution >= 0.6 is 0 Å². The van der Waals surface area contributed by atoms with E-state index in [0.717, 1.165) is 23.9 Å². The number of methoxy groups -OCH3 is 1. The van der Waals surface area contributed by atoms with E-state index in [9.17, 15) is 18.0 Å². The monoisotopic (exact) mass is 316 g/mol. The molecule has 0 radical (unpaired) electrons. The van der Waals surface area contributed by atoms with E-state index in [0.29, 0.717) is 6.42 Å². The normalized spacial score (nSPS) is 13.0. The highest BCUT2D eigenvalue weighted by Crippen LogP contribution is 2.11. The lowest BCUT2D eigenvalue weighted by molar-refractivity contribution is -0.870. The summed E-state index contributed by atoms with van der Waals surface area (Å²) in [6.07, 6.45) is -2.41. The first-order chi connectivity index (χ1) is 9.31. The number of rotatable bonds is 6. The minimum atomic E-state index is -5.19. The lowest BCUT2D eigenvalue weighted by Crippen LogP contribution is -2.37. The van der Waals surface area contributed by atoms with Gasteiger partial charge in [0.15, 0.2) is 0 Å². The molecule has 0 amide bonds. The van der Waals surface area contributed by atoms with Gasteiger partial charge in [-0.1, -0.05) is 0 Å². The topological polar surface area (TPSA) is 92.5 Å². The van der Waals surface area contributed by atoms with Gasteiger partial charge in [0.2, 0.25) is 0 Å². The highest BCUT2D eigenvalue weighted by atomic mass is 19.4. The molecule has 126 valence electrons. The highest BCUT2D eigenvalue weighted by Gasteiger charge is 2.28. The zero-order valence-electron chi connectivity index (χ0n) is 12.7. The van der Waals surface area contributed by atoms with Crippen molar-refractivity contribution in [2.45, 2.75) is 31.5 Å². The second-order valence-corrected chi connectivity index (χ2v) is 5.42. The average Bonchev–Trinajstić information content (AvgIpc) is 2.31. The molecule has 2 N–H and O–H groups in total. The molecule has 0 aliphatic heterocycles. The molecule has 0 aromatic rings. The Hall–Kier alpha value is -1.35. The summed E-state index contributed by atoms with van der Waals surface area (Å²) in [4.78, 5) is 19.7. The van der Waals surface area contributed by atoms with Crippen LogP contribution in [0.4, 0.5) is 13.2 Å². The number of unbranched alkanes of at least 4 members (excludes halogenated alkanes) is 1. The molecule has 0 bridgehead atoms. The van der Waals surface area contributed by atoms with Gasteiger partial charge in [-0.2, -0.15) is 13.2 Å². The number of nitrogens with zero attached hydrogens (tertiary/aromatic N) is 1. The molecular weight excluding hydrogens is 293 g/mol. The summed E-state index contributed by atoms with van der Waals surface area (Å²) in [5, 5.41) is 8.78. The highest BCUT2D eigenvalue weighted by molar-refractivity contribution is 5.75. The summed E-state index contributed by atoms with van der Waals surface area (Å²) in [5.74, 6) is -3.32. The maximum absolute atomic E-state index is 11.0. The second-order valence-electron chi connectivity index (χ2n) is 5.42. The largest absolute Gasteiger partial charge is 0.542 e. The fourth-order valence-electron chi connectivity index (χ4n) is 1.22. The van der Waals surface area contributed by atoms with Gasteiger partial charge in [0.1, 0.15) is 12.0 Å². The van der Waals surface area contributed by atoms with Gasteiger partial charge in [0.25, 0.3) is 0 Å². The average molecular weight is 316 g/mol. The van der Waals surface area contributed by atoms with Crippen LogP contribution in [0.25, 0.3) is 0 Å². The van der Waals surface area contributed by atoms with E-state index in [4.69, 9.17) is 15.6 Å². The maximum Gasteiger partial charge on any atom is 0.430 e. The Labute approximate surface area is 122 Å². The molecule has 6 nitrogen and oxygen atoms in total. The molecular formula is C12H23F3N2O4. The summed E-state index contributed by atoms with van der Waals surface area (Å²) in [6, 6.07) is -0.451. The fourth-order valence-corrected chi connectivity index (χ4v) is 1.22. The van der Waals surface area contributed by atoms with Crippen molar-refractivity contribution in [3.63, 3.8) is 0 Å². The van der Waals surface area contributed by atoms with Gasteiger partial charge in [0, 0.05) is 0 Å². The number of quaternary nitrogens is 1. The number of halogens is 3. The molecule has 21 heavy (non-hydrogen) atoms. The van der Waals surface area contributed by atoms with Crippen molar-refractivity contribution in [2.24, 2.45) is 5.73 Å². The predicted octanol–water partition coefficient (Wildman–Crippen LogP) is -0.338. The van der Waals surface area contributed by atoms with Crippen LogP contribution in [0.3, 0.4) is 0 Å². The van der Waals surface area contributed by atoms with Gasteiger partial charge in [-0.05, 0) is 19.3 Å². The number of ether oxygens (including phenoxy) is 1. The summed E-state index contributed by atoms with van der Waals surface area (Å²) in [5.41, 5.74) is 5.60. The molecule has 0 spiro atoms. The molecule has 0 saturated heterocycles. The van der Waals surface area contributed by atoms with E-state index < -0.39 is 18.2 Å². The Morgan fingerprint density at radius 1 is 1.24 bits per heavy atom. The summed E-state index contributed by atoms with van der Waals surface area (Å²) < 4.78 is 37.0. The van der Waals surface area contributed by atoms with Crippen molar-refractivity contribution in [1.29, 1.82) is 0 Å². The van der Waals surface area contributed by atoms with Gasteiger partial charge < -0.3 is 24.9 Å². The summed E-state index contributed by atoms with van der Waals surface area (Å²) in [7, 11) is 7.83. The molecule has 0 heterocycles. The van der Waals surface area contributed by atoms with Gasteiger partial charge in [-0.25, -0.2) is 0 Å². The van der Waals surface area contributed by atoms with E-state index in [-0.39, 0.29) is 5.97 Å². The molecule has 0 rings (SSSR count). The van der Waals surface area contributed by atoms with Crippen LogP contribution < -0.4 is 10.8 Å². The van der Waals surface area contributed by atoms with E-state index >= 15 is 0 Å². The SMILES string of the molecule is COC(=O)[C@@H](N)CCCC[N+](C)(C)C.O=C([O-])C(F)(F)F. The third-order valence-electron chi connectivity index (χ3n) is 2.33. The molecule has 0 fully saturated rings. The number of hydrogen-bond acceptors (Lipinski definition) is 5. The third-order valence-corrected chi connectivity index (χ3v) is 2.33. The van der Waals surface area contributed by atoms with Gasteiger partial charge in [0.05, 0.1) is 34.8 Å². The van der Waals surface area contributed by atoms with Gasteiger partial charge >= 0.3 is 12.1 Å². The number of carboxylic acids is 1. The van der Waals surface area contributed by atoms with Crippen molar-refractivity contribution < 1.29 is 37.1 Å². The van der Waals surface area contributed by atoms with Gasteiger partial charge in [-0.15, -0.1) is 0 Å². The zero-order chi connectivity index (χ0) is 17.3. The standard InChI is InChI=1S/C10H23N2O2.C2HF3O2/c1-12(2,3)8-6-5-7-9(11)10(13)14-4;3-2(4,5)1(6)7/h9H,5-8,11H2,1-4H3;(H,6,7)/q+1;/p-1/t9-;/m0./s1. The molecule has 0 aromatic heterocycles. The molecule has 0 aliphatic carbocycles. The van der Waals surface area contributed by atoms with Crippen LogP contribution in [0.5, 0.6) is 0 Å². The zero-order valence-corrected chi connectivity index (χ0v) is 12.7. The first kappa shape index (κ1) is 21.9. The van der Waals surface area contributed by atoms with Crippen LogP contribution in [-0.2, 0) is 14.3 Å². The Bertz CT molecular complexity index is 327. The number of nitrogens with two attached hydrogens (primary N) is 1. The molecule has 0 aromatic carbocycles. The number of esters is 1. The van der Waals surface area contributed by atoms with Crippen LogP contribution in [0.1, 0.15) is 19.3 Å². The van der Waals surface area contributed by atoms with Crippen molar-refractivity contribution in [3.05, 3.63) is 0 Å².